The van der Waals surface area contributed by atoms with Gasteiger partial charge in [-0.05, 0) is 5.92 Å². The zero-order valence-corrected chi connectivity index (χ0v) is 6.13. The lowest BCUT2D eigenvalue weighted by molar-refractivity contribution is 0.437. The average molecular weight is 127 g/mol. The highest BCUT2D eigenvalue weighted by Gasteiger charge is 1.84. The van der Waals surface area contributed by atoms with Crippen LogP contribution in [0.1, 0.15) is 13.8 Å². The Kier molecular flexibility index (Phi) is 3.67. The van der Waals surface area contributed by atoms with Crippen molar-refractivity contribution in [2.24, 2.45) is 11.1 Å². The van der Waals surface area contributed by atoms with Crippen LogP contribution in [0.3, 0.4) is 0 Å². The van der Waals surface area contributed by atoms with E-state index in [0.29, 0.717) is 5.92 Å². The summed E-state index contributed by atoms with van der Waals surface area (Å²) in [5.74, 6) is 0.522. The molecular formula is C6H13N3. The van der Waals surface area contributed by atoms with E-state index < -0.39 is 0 Å². The molecular weight excluding hydrogens is 114 g/mol. The lowest BCUT2D eigenvalue weighted by atomic mass is 10.2. The van der Waals surface area contributed by atoms with Crippen LogP contribution < -0.4 is 0 Å². The zero-order valence-electron chi connectivity index (χ0n) is 6.13. The first kappa shape index (κ1) is 8.14. The van der Waals surface area contributed by atoms with Gasteiger partial charge in [-0.3, -0.25) is 5.01 Å². The first-order chi connectivity index (χ1) is 4.16. The second-order valence-electron chi connectivity index (χ2n) is 2.26. The molecule has 0 aromatic heterocycles. The summed E-state index contributed by atoms with van der Waals surface area (Å²) in [6, 6.07) is 0. The highest BCUT2D eigenvalue weighted by atomic mass is 15.5. The van der Waals surface area contributed by atoms with Gasteiger partial charge in [0.15, 0.2) is 0 Å². The van der Waals surface area contributed by atoms with E-state index in [0.717, 1.165) is 0 Å². The average Bonchev–Trinajstić information content (AvgIpc) is 1.83. The third-order valence-corrected chi connectivity index (χ3v) is 0.844. The van der Waals surface area contributed by atoms with Crippen LogP contribution in [0.4, 0.5) is 0 Å². The van der Waals surface area contributed by atoms with Crippen LogP contribution in [-0.2, 0) is 0 Å². The fraction of sp³-hybridized carbons (Fsp3) is 0.667. The van der Waals surface area contributed by atoms with E-state index in [4.69, 9.17) is 5.53 Å². The van der Waals surface area contributed by atoms with E-state index >= 15 is 0 Å². The molecule has 0 aliphatic rings. The number of hydrogen-bond acceptors (Lipinski definition) is 2. The molecule has 9 heavy (non-hydrogen) atoms. The highest BCUT2D eigenvalue weighted by Crippen LogP contribution is 1.94. The Morgan fingerprint density at radius 2 is 2.11 bits per heavy atom. The Balaban J connectivity index is 3.56. The molecule has 0 saturated carbocycles. The second kappa shape index (κ2) is 4.06. The van der Waals surface area contributed by atoms with Crippen LogP contribution >= 0.6 is 0 Å². The molecule has 0 rings (SSSR count). The van der Waals surface area contributed by atoms with Crippen molar-refractivity contribution in [1.82, 2.24) is 5.01 Å². The number of nitrogens with zero attached hydrogens (tertiary/aromatic N) is 2. The standard InChI is InChI=1S/C6H13N3/c1-6(2)4-5-9(3)8-7/h4-7H,1-3H3/b5-4-,8-7?. The molecule has 0 amide bonds. The van der Waals surface area contributed by atoms with Gasteiger partial charge in [0.05, 0.1) is 0 Å². The summed E-state index contributed by atoms with van der Waals surface area (Å²) in [5.41, 5.74) is 6.55. The van der Waals surface area contributed by atoms with Crippen molar-refractivity contribution in [3.63, 3.8) is 0 Å². The quantitative estimate of drug-likeness (QED) is 0.457. The van der Waals surface area contributed by atoms with Gasteiger partial charge in [0.1, 0.15) is 0 Å². The van der Waals surface area contributed by atoms with E-state index in [2.05, 4.69) is 19.1 Å². The zero-order chi connectivity index (χ0) is 7.28. The topological polar surface area (TPSA) is 39.5 Å². The minimum atomic E-state index is 0.522. The first-order valence-corrected chi connectivity index (χ1v) is 2.95. The molecule has 3 nitrogen and oxygen atoms in total. The monoisotopic (exact) mass is 127 g/mol. The highest BCUT2D eigenvalue weighted by molar-refractivity contribution is 4.81. The van der Waals surface area contributed by atoms with Gasteiger partial charge in [-0.2, -0.15) is 5.53 Å². The summed E-state index contributed by atoms with van der Waals surface area (Å²) in [6.07, 6.45) is 3.76. The Labute approximate surface area is 55.8 Å². The molecule has 0 aliphatic heterocycles. The van der Waals surface area contributed by atoms with E-state index in [1.807, 2.05) is 6.08 Å². The molecule has 1 N–H and O–H groups in total. The third-order valence-electron chi connectivity index (χ3n) is 0.844. The van der Waals surface area contributed by atoms with E-state index in [1.165, 1.54) is 5.01 Å². The van der Waals surface area contributed by atoms with Crippen molar-refractivity contribution >= 4 is 0 Å². The molecule has 0 saturated heterocycles. The minimum absolute atomic E-state index is 0.522. The van der Waals surface area contributed by atoms with Crippen molar-refractivity contribution in [1.29, 1.82) is 5.53 Å². The maximum absolute atomic E-state index is 6.55. The summed E-state index contributed by atoms with van der Waals surface area (Å²) in [7, 11) is 1.73. The minimum Gasteiger partial charge on any atom is -0.258 e. The van der Waals surface area contributed by atoms with Crippen LogP contribution in [0.2, 0.25) is 0 Å². The summed E-state index contributed by atoms with van der Waals surface area (Å²) in [6.45, 7) is 4.16. The first-order valence-electron chi connectivity index (χ1n) is 2.95. The van der Waals surface area contributed by atoms with Crippen molar-refractivity contribution < 1.29 is 0 Å². The number of rotatable bonds is 3. The molecule has 0 fully saturated rings. The van der Waals surface area contributed by atoms with Crippen LogP contribution in [0, 0.1) is 11.4 Å². The summed E-state index contributed by atoms with van der Waals surface area (Å²) < 4.78 is 0. The third kappa shape index (κ3) is 5.00. The second-order valence-corrected chi connectivity index (χ2v) is 2.26. The van der Waals surface area contributed by atoms with E-state index in [9.17, 15) is 0 Å². The predicted octanol–water partition coefficient (Wildman–Crippen LogP) is 2.03. The maximum atomic E-state index is 6.55. The van der Waals surface area contributed by atoms with Crippen molar-refractivity contribution in [3.8, 4) is 0 Å². The van der Waals surface area contributed by atoms with Crippen LogP contribution in [0.25, 0.3) is 0 Å². The number of nitrogens with one attached hydrogen (secondary N) is 1. The van der Waals surface area contributed by atoms with Crippen molar-refractivity contribution in [2.75, 3.05) is 7.05 Å². The molecule has 0 aliphatic carbocycles. The SMILES string of the molecule is CC(C)/C=C\N(C)N=N. The Bertz CT molecular complexity index is 107. The van der Waals surface area contributed by atoms with Gasteiger partial charge >= 0.3 is 0 Å². The largest absolute Gasteiger partial charge is 0.258 e. The molecule has 0 spiro atoms. The Hall–Kier alpha value is -0.860. The molecule has 0 heterocycles. The van der Waals surface area contributed by atoms with Crippen LogP contribution in [0.15, 0.2) is 17.5 Å². The molecule has 0 aromatic rings. The molecule has 0 bridgehead atoms. The lowest BCUT2D eigenvalue weighted by Crippen LogP contribution is -1.98. The molecule has 0 atom stereocenters. The van der Waals surface area contributed by atoms with Crippen molar-refractivity contribution in [3.05, 3.63) is 12.3 Å². The van der Waals surface area contributed by atoms with Crippen LogP contribution in [0.5, 0.6) is 0 Å². The number of allylic oxidation sites excluding steroid dienone is 1. The fourth-order valence-electron chi connectivity index (χ4n) is 0.330. The smallest absolute Gasteiger partial charge is 0.0313 e. The van der Waals surface area contributed by atoms with Gasteiger partial charge in [0.25, 0.3) is 0 Å². The maximum Gasteiger partial charge on any atom is 0.0313 e. The molecule has 0 unspecified atom stereocenters. The van der Waals surface area contributed by atoms with Gasteiger partial charge in [-0.15, -0.1) is 0 Å². The summed E-state index contributed by atoms with van der Waals surface area (Å²) in [5, 5.41) is 4.62. The van der Waals surface area contributed by atoms with Gasteiger partial charge in [-0.25, -0.2) is 0 Å². The van der Waals surface area contributed by atoms with Crippen LogP contribution in [-0.4, -0.2) is 12.1 Å². The molecule has 0 radical (unpaired) electrons. The summed E-state index contributed by atoms with van der Waals surface area (Å²) in [4.78, 5) is 0. The van der Waals surface area contributed by atoms with E-state index in [1.54, 1.807) is 13.2 Å². The van der Waals surface area contributed by atoms with Crippen molar-refractivity contribution in [2.45, 2.75) is 13.8 Å². The Morgan fingerprint density at radius 3 is 2.44 bits per heavy atom. The van der Waals surface area contributed by atoms with E-state index in [-0.39, 0.29) is 0 Å². The fourth-order valence-corrected chi connectivity index (χ4v) is 0.330. The number of hydrogen-bond donors (Lipinski definition) is 1. The van der Waals surface area contributed by atoms with Gasteiger partial charge in [0, 0.05) is 13.2 Å². The van der Waals surface area contributed by atoms with Gasteiger partial charge < -0.3 is 0 Å². The normalized spacial score (nSPS) is 10.7. The molecule has 0 aromatic carbocycles. The van der Waals surface area contributed by atoms with Gasteiger partial charge in [-0.1, -0.05) is 25.1 Å². The lowest BCUT2D eigenvalue weighted by Gasteiger charge is -2.02. The predicted molar refractivity (Wildman–Crippen MR) is 36.9 cm³/mol. The molecule has 52 valence electrons. The molecule has 3 heteroatoms. The van der Waals surface area contributed by atoms with Gasteiger partial charge in [0.2, 0.25) is 0 Å². The Morgan fingerprint density at radius 1 is 1.56 bits per heavy atom. The summed E-state index contributed by atoms with van der Waals surface area (Å²) >= 11 is 0.